The van der Waals surface area contributed by atoms with Gasteiger partial charge in [0.05, 0.1) is 12.2 Å². The molecule has 2 atom stereocenters. The van der Waals surface area contributed by atoms with Crippen LogP contribution in [0.25, 0.3) is 0 Å². The van der Waals surface area contributed by atoms with Gasteiger partial charge in [-0.15, -0.1) is 0 Å². The van der Waals surface area contributed by atoms with Gasteiger partial charge in [-0.2, -0.15) is 13.2 Å². The van der Waals surface area contributed by atoms with Gasteiger partial charge in [0.1, 0.15) is 11.5 Å². The van der Waals surface area contributed by atoms with E-state index in [2.05, 4.69) is 25.5 Å². The molecule has 1 aromatic heterocycles. The summed E-state index contributed by atoms with van der Waals surface area (Å²) in [6.45, 7) is 12.4. The number of aryl methyl sites for hydroxylation is 1. The first-order chi connectivity index (χ1) is 19.3. The Morgan fingerprint density at radius 3 is 2.59 bits per heavy atom. The standard InChI is InChI=1S/C29H39ClF3N7O/c1-17(2)28(41)35-9-11-39-10-5-6-20(14-39)21-15-40(16-21)24-13-36-25(26(34)29(31,32)33)27(38-24)37-19(4)23-8-7-22(30)12-18(23)3/h7-8,12-13,17,19-21,34H,5-6,9-11,14-16H2,1-4H3,(H,35,41)(H,37,38). The first kappa shape index (κ1) is 31.0. The average Bonchev–Trinajstić information content (AvgIpc) is 2.87. The molecule has 2 aliphatic rings. The summed E-state index contributed by atoms with van der Waals surface area (Å²) in [5.74, 6) is 1.43. The van der Waals surface area contributed by atoms with E-state index in [9.17, 15) is 18.0 Å². The summed E-state index contributed by atoms with van der Waals surface area (Å²) >= 11 is 6.08. The lowest BCUT2D eigenvalue weighted by Gasteiger charge is -2.47. The molecule has 0 spiro atoms. The Bertz CT molecular complexity index is 1250. The maximum atomic E-state index is 13.5. The molecule has 12 heteroatoms. The molecule has 2 saturated heterocycles. The molecule has 2 fully saturated rings. The molecule has 0 bridgehead atoms. The van der Waals surface area contributed by atoms with Crippen molar-refractivity contribution in [1.29, 1.82) is 5.41 Å². The number of hydrogen-bond donors (Lipinski definition) is 3. The van der Waals surface area contributed by atoms with Crippen LogP contribution in [0.2, 0.25) is 5.02 Å². The Morgan fingerprint density at radius 2 is 1.93 bits per heavy atom. The third-order valence-corrected chi connectivity index (χ3v) is 8.26. The molecule has 0 aliphatic carbocycles. The summed E-state index contributed by atoms with van der Waals surface area (Å²) in [7, 11) is 0. The van der Waals surface area contributed by atoms with Crippen molar-refractivity contribution in [3.63, 3.8) is 0 Å². The quantitative estimate of drug-likeness (QED) is 0.317. The predicted molar refractivity (Wildman–Crippen MR) is 156 cm³/mol. The van der Waals surface area contributed by atoms with Gasteiger partial charge in [0.15, 0.2) is 11.5 Å². The van der Waals surface area contributed by atoms with E-state index >= 15 is 0 Å². The van der Waals surface area contributed by atoms with Crippen molar-refractivity contribution in [3.8, 4) is 0 Å². The van der Waals surface area contributed by atoms with Crippen LogP contribution in [0, 0.1) is 30.1 Å². The van der Waals surface area contributed by atoms with Gasteiger partial charge in [-0.05, 0) is 68.3 Å². The highest BCUT2D eigenvalue weighted by molar-refractivity contribution is 6.30. The number of halogens is 4. The Kier molecular flexibility index (Phi) is 9.79. The van der Waals surface area contributed by atoms with Crippen LogP contribution in [0.15, 0.2) is 24.4 Å². The molecule has 0 radical (unpaired) electrons. The highest BCUT2D eigenvalue weighted by atomic mass is 35.5. The van der Waals surface area contributed by atoms with E-state index in [1.54, 1.807) is 12.1 Å². The number of aromatic nitrogens is 2. The van der Waals surface area contributed by atoms with Gasteiger partial charge in [0, 0.05) is 43.7 Å². The minimum absolute atomic E-state index is 0.0261. The molecule has 1 aromatic carbocycles. The maximum Gasteiger partial charge on any atom is 0.434 e. The van der Waals surface area contributed by atoms with E-state index in [1.165, 1.54) is 6.20 Å². The van der Waals surface area contributed by atoms with Crippen LogP contribution in [0.3, 0.4) is 0 Å². The number of nitrogens with one attached hydrogen (secondary N) is 3. The molecule has 2 aromatic rings. The van der Waals surface area contributed by atoms with Crippen LogP contribution in [0.4, 0.5) is 24.8 Å². The number of likely N-dealkylation sites (tertiary alicyclic amines) is 1. The molecule has 224 valence electrons. The second-order valence-electron chi connectivity index (χ2n) is 11.5. The van der Waals surface area contributed by atoms with Gasteiger partial charge in [-0.25, -0.2) is 9.97 Å². The number of amides is 1. The fourth-order valence-corrected chi connectivity index (χ4v) is 5.80. The zero-order chi connectivity index (χ0) is 29.9. The minimum Gasteiger partial charge on any atom is -0.362 e. The van der Waals surface area contributed by atoms with Crippen molar-refractivity contribution in [2.75, 3.05) is 49.5 Å². The van der Waals surface area contributed by atoms with Gasteiger partial charge in [-0.3, -0.25) is 10.2 Å². The summed E-state index contributed by atoms with van der Waals surface area (Å²) in [5, 5.41) is 14.4. The molecule has 4 rings (SSSR count). The summed E-state index contributed by atoms with van der Waals surface area (Å²) in [4.78, 5) is 24.9. The molecule has 3 heterocycles. The molecular weight excluding hydrogens is 555 g/mol. The van der Waals surface area contributed by atoms with E-state index in [-0.39, 0.29) is 23.7 Å². The van der Waals surface area contributed by atoms with Crippen molar-refractivity contribution in [2.45, 2.75) is 52.8 Å². The van der Waals surface area contributed by atoms with Crippen LogP contribution in [-0.2, 0) is 4.79 Å². The zero-order valence-corrected chi connectivity index (χ0v) is 24.7. The zero-order valence-electron chi connectivity index (χ0n) is 24.0. The van der Waals surface area contributed by atoms with Gasteiger partial charge >= 0.3 is 6.18 Å². The van der Waals surface area contributed by atoms with E-state index < -0.39 is 17.6 Å². The lowest BCUT2D eigenvalue weighted by atomic mass is 9.80. The van der Waals surface area contributed by atoms with E-state index in [4.69, 9.17) is 17.0 Å². The van der Waals surface area contributed by atoms with Crippen molar-refractivity contribution in [2.24, 2.45) is 17.8 Å². The third kappa shape index (κ3) is 7.68. The third-order valence-electron chi connectivity index (χ3n) is 8.03. The second kappa shape index (κ2) is 12.9. The van der Waals surface area contributed by atoms with Gasteiger partial charge < -0.3 is 20.4 Å². The smallest absolute Gasteiger partial charge is 0.362 e. The Hall–Kier alpha value is -2.92. The van der Waals surface area contributed by atoms with Crippen LogP contribution < -0.4 is 15.5 Å². The first-order valence-electron chi connectivity index (χ1n) is 14.1. The fraction of sp³-hybridized carbons (Fsp3) is 0.586. The molecule has 2 aliphatic heterocycles. The monoisotopic (exact) mass is 593 g/mol. The molecule has 8 nitrogen and oxygen atoms in total. The summed E-state index contributed by atoms with van der Waals surface area (Å²) in [6, 6.07) is 4.97. The fourth-order valence-electron chi connectivity index (χ4n) is 5.58. The number of benzene rings is 1. The molecule has 2 unspecified atom stereocenters. The highest BCUT2D eigenvalue weighted by Crippen LogP contribution is 2.35. The van der Waals surface area contributed by atoms with Crippen LogP contribution in [0.5, 0.6) is 0 Å². The van der Waals surface area contributed by atoms with E-state index in [0.29, 0.717) is 29.2 Å². The predicted octanol–water partition coefficient (Wildman–Crippen LogP) is 5.46. The number of alkyl halides is 3. The van der Waals surface area contributed by atoms with E-state index in [0.717, 1.165) is 56.7 Å². The molecule has 41 heavy (non-hydrogen) atoms. The number of anilines is 2. The molecule has 1 amide bonds. The number of carbonyl (C=O) groups excluding carboxylic acids is 1. The normalized spacial score (nSPS) is 19.1. The molecule has 0 saturated carbocycles. The van der Waals surface area contributed by atoms with Gasteiger partial charge in [0.2, 0.25) is 5.91 Å². The summed E-state index contributed by atoms with van der Waals surface area (Å²) in [6.07, 6.45) is -1.28. The number of carbonyl (C=O) groups is 1. The van der Waals surface area contributed by atoms with Crippen molar-refractivity contribution >= 4 is 34.9 Å². The Labute approximate surface area is 244 Å². The summed E-state index contributed by atoms with van der Waals surface area (Å²) < 4.78 is 40.5. The molecular formula is C29H39ClF3N7O. The topological polar surface area (TPSA) is 97.2 Å². The number of piperidine rings is 1. The SMILES string of the molecule is Cc1cc(Cl)ccc1C(C)Nc1nc(N2CC(C3CCCN(CCNC(=O)C(C)C)C3)C2)cnc1C(=N)C(F)(F)F. The van der Waals surface area contributed by atoms with Gasteiger partial charge in [0.25, 0.3) is 0 Å². The first-order valence-corrected chi connectivity index (χ1v) is 14.5. The Balaban J connectivity index is 1.42. The number of hydrogen-bond acceptors (Lipinski definition) is 7. The lowest BCUT2D eigenvalue weighted by Crippen LogP contribution is -2.54. The minimum atomic E-state index is -4.85. The van der Waals surface area contributed by atoms with Crippen LogP contribution in [-0.4, -0.2) is 71.9 Å². The maximum absolute atomic E-state index is 13.5. The molecule has 3 N–H and O–H groups in total. The van der Waals surface area contributed by atoms with E-state index in [1.807, 2.05) is 38.7 Å². The highest BCUT2D eigenvalue weighted by Gasteiger charge is 2.40. The number of nitrogens with zero attached hydrogens (tertiary/aromatic N) is 4. The van der Waals surface area contributed by atoms with Crippen LogP contribution >= 0.6 is 11.6 Å². The van der Waals surface area contributed by atoms with Crippen molar-refractivity contribution < 1.29 is 18.0 Å². The summed E-state index contributed by atoms with van der Waals surface area (Å²) in [5.41, 5.74) is -0.305. The van der Waals surface area contributed by atoms with Crippen molar-refractivity contribution in [3.05, 3.63) is 46.2 Å². The average molecular weight is 594 g/mol. The second-order valence-corrected chi connectivity index (χ2v) is 11.9. The number of rotatable bonds is 10. The van der Waals surface area contributed by atoms with Crippen molar-refractivity contribution in [1.82, 2.24) is 20.2 Å². The van der Waals surface area contributed by atoms with Gasteiger partial charge in [-0.1, -0.05) is 31.5 Å². The van der Waals surface area contributed by atoms with Crippen LogP contribution in [0.1, 0.15) is 56.5 Å². The lowest BCUT2D eigenvalue weighted by molar-refractivity contribution is -0.124. The Morgan fingerprint density at radius 1 is 1.20 bits per heavy atom. The largest absolute Gasteiger partial charge is 0.434 e.